The summed E-state index contributed by atoms with van der Waals surface area (Å²) in [6.07, 6.45) is 5.34. The number of aromatic nitrogens is 3. The molecule has 1 N–H and O–H groups in total. The summed E-state index contributed by atoms with van der Waals surface area (Å²) < 4.78 is 17.3. The molecule has 0 saturated carbocycles. The molecule has 23 heavy (non-hydrogen) atoms. The van der Waals surface area contributed by atoms with Crippen LogP contribution < -0.4 is 10.1 Å². The van der Waals surface area contributed by atoms with Gasteiger partial charge in [-0.1, -0.05) is 0 Å². The van der Waals surface area contributed by atoms with E-state index in [0.29, 0.717) is 13.2 Å². The van der Waals surface area contributed by atoms with Gasteiger partial charge in [0.05, 0.1) is 19.2 Å². The molecule has 1 atom stereocenters. The van der Waals surface area contributed by atoms with Crippen LogP contribution in [0.3, 0.4) is 0 Å². The molecule has 0 bridgehead atoms. The van der Waals surface area contributed by atoms with Crippen molar-refractivity contribution in [2.24, 2.45) is 13.0 Å². The maximum absolute atomic E-state index is 12.5. The van der Waals surface area contributed by atoms with Crippen LogP contribution >= 0.6 is 0 Å². The van der Waals surface area contributed by atoms with E-state index in [1.54, 1.807) is 6.20 Å². The zero-order valence-corrected chi connectivity index (χ0v) is 13.2. The average molecular weight is 320 g/mol. The van der Waals surface area contributed by atoms with E-state index >= 15 is 0 Å². The molecule has 124 valence electrons. The number of nitrogens with zero attached hydrogens (tertiary/aromatic N) is 3. The summed E-state index contributed by atoms with van der Waals surface area (Å²) in [4.78, 5) is 16.9. The molecule has 3 heterocycles. The van der Waals surface area contributed by atoms with Crippen LogP contribution in [0.4, 0.5) is 0 Å². The van der Waals surface area contributed by atoms with E-state index in [-0.39, 0.29) is 29.5 Å². The molecular formula is C15H20N4O4. The Hall–Kier alpha value is -2.35. The first-order valence-electron chi connectivity index (χ1n) is 7.55. The minimum atomic E-state index is -0.333. The lowest BCUT2D eigenvalue weighted by molar-refractivity contribution is 0.0493. The normalized spacial score (nSPS) is 17.0. The summed E-state index contributed by atoms with van der Waals surface area (Å²) in [5.41, 5.74) is 0. The first kappa shape index (κ1) is 15.5. The highest BCUT2D eigenvalue weighted by Gasteiger charge is 2.30. The van der Waals surface area contributed by atoms with Crippen LogP contribution in [0, 0.1) is 5.92 Å². The van der Waals surface area contributed by atoms with E-state index in [1.807, 2.05) is 17.8 Å². The predicted octanol–water partition coefficient (Wildman–Crippen LogP) is 1.31. The largest absolute Gasteiger partial charge is 0.479 e. The van der Waals surface area contributed by atoms with Gasteiger partial charge in [0.15, 0.2) is 0 Å². The zero-order chi connectivity index (χ0) is 16.2. The van der Waals surface area contributed by atoms with Crippen molar-refractivity contribution in [3.63, 3.8) is 0 Å². The molecule has 3 rings (SSSR count). The second-order valence-corrected chi connectivity index (χ2v) is 5.53. The molecule has 0 spiro atoms. The van der Waals surface area contributed by atoms with Crippen LogP contribution in [-0.2, 0) is 11.8 Å². The molecule has 2 aromatic rings. The Morgan fingerprint density at radius 3 is 2.87 bits per heavy atom. The van der Waals surface area contributed by atoms with Gasteiger partial charge in [-0.25, -0.2) is 4.98 Å². The Balaban J connectivity index is 1.80. The fraction of sp³-hybridized carbons (Fsp3) is 0.533. The number of imidazole rings is 1. The lowest BCUT2D eigenvalue weighted by Crippen LogP contribution is -2.37. The van der Waals surface area contributed by atoms with Crippen LogP contribution in [0.15, 0.2) is 23.0 Å². The van der Waals surface area contributed by atoms with Crippen molar-refractivity contribution >= 4 is 5.91 Å². The predicted molar refractivity (Wildman–Crippen MR) is 80.0 cm³/mol. The average Bonchev–Trinajstić information content (AvgIpc) is 3.22. The first-order valence-corrected chi connectivity index (χ1v) is 7.55. The zero-order valence-electron chi connectivity index (χ0n) is 13.2. The molecule has 1 amide bonds. The lowest BCUT2D eigenvalue weighted by atomic mass is 9.91. The highest BCUT2D eigenvalue weighted by molar-refractivity contribution is 5.91. The van der Waals surface area contributed by atoms with Gasteiger partial charge in [0.2, 0.25) is 5.76 Å². The topological polar surface area (TPSA) is 91.4 Å². The van der Waals surface area contributed by atoms with Crippen LogP contribution in [0.2, 0.25) is 0 Å². The fourth-order valence-electron chi connectivity index (χ4n) is 2.79. The van der Waals surface area contributed by atoms with E-state index in [9.17, 15) is 4.79 Å². The van der Waals surface area contributed by atoms with E-state index in [2.05, 4.69) is 15.5 Å². The summed E-state index contributed by atoms with van der Waals surface area (Å²) in [5.74, 6) is 1.14. The second-order valence-electron chi connectivity index (χ2n) is 5.53. The number of ether oxygens (including phenoxy) is 2. The van der Waals surface area contributed by atoms with Gasteiger partial charge >= 0.3 is 0 Å². The van der Waals surface area contributed by atoms with Crippen molar-refractivity contribution < 1.29 is 18.8 Å². The van der Waals surface area contributed by atoms with Gasteiger partial charge in [-0.2, -0.15) is 0 Å². The summed E-state index contributed by atoms with van der Waals surface area (Å²) in [7, 11) is 3.39. The number of nitrogens with one attached hydrogen (secondary N) is 1. The number of hydrogen-bond acceptors (Lipinski definition) is 6. The van der Waals surface area contributed by atoms with Crippen LogP contribution in [0.25, 0.3) is 0 Å². The van der Waals surface area contributed by atoms with Crippen molar-refractivity contribution in [1.29, 1.82) is 0 Å². The molecule has 1 saturated heterocycles. The highest BCUT2D eigenvalue weighted by Crippen LogP contribution is 2.29. The number of hydrogen-bond donors (Lipinski definition) is 1. The summed E-state index contributed by atoms with van der Waals surface area (Å²) in [6, 6.07) is 1.26. The standard InChI is InChI=1S/C15H20N4O4/c1-19-6-5-16-14(19)13(10-3-7-22-8-4-10)17-15(20)11-9-12(21-2)18-23-11/h5-6,9-10,13H,3-4,7-8H2,1-2H3,(H,17,20)/t13-/m1/s1. The third-order valence-electron chi connectivity index (χ3n) is 4.08. The van der Waals surface area contributed by atoms with Crippen molar-refractivity contribution in [3.05, 3.63) is 30.0 Å². The van der Waals surface area contributed by atoms with Crippen LogP contribution in [0.1, 0.15) is 35.3 Å². The molecule has 0 aliphatic carbocycles. The minimum absolute atomic E-state index is 0.119. The van der Waals surface area contributed by atoms with Crippen molar-refractivity contribution in [3.8, 4) is 5.88 Å². The number of amides is 1. The number of carbonyl (C=O) groups excluding carboxylic acids is 1. The maximum atomic E-state index is 12.5. The summed E-state index contributed by atoms with van der Waals surface area (Å²) in [5, 5.41) is 6.67. The highest BCUT2D eigenvalue weighted by atomic mass is 16.5. The van der Waals surface area contributed by atoms with Gasteiger partial charge in [0.25, 0.3) is 11.8 Å². The van der Waals surface area contributed by atoms with Crippen molar-refractivity contribution in [2.45, 2.75) is 18.9 Å². The van der Waals surface area contributed by atoms with Gasteiger partial charge in [0, 0.05) is 32.7 Å². The molecule has 0 radical (unpaired) electrons. The third-order valence-corrected chi connectivity index (χ3v) is 4.08. The van der Waals surface area contributed by atoms with E-state index in [0.717, 1.165) is 18.7 Å². The summed E-state index contributed by atoms with van der Waals surface area (Å²) >= 11 is 0. The molecule has 1 aliphatic rings. The number of aryl methyl sites for hydroxylation is 1. The Morgan fingerprint density at radius 2 is 2.26 bits per heavy atom. The van der Waals surface area contributed by atoms with Gasteiger partial charge in [-0.05, 0) is 23.9 Å². The number of rotatable bonds is 5. The SMILES string of the molecule is COc1cc(C(=O)N[C@@H](c2nccn2C)C2CCOCC2)on1. The Kier molecular flexibility index (Phi) is 4.61. The van der Waals surface area contributed by atoms with Gasteiger partial charge < -0.3 is 23.9 Å². The van der Waals surface area contributed by atoms with E-state index in [1.165, 1.54) is 13.2 Å². The van der Waals surface area contributed by atoms with Crippen molar-refractivity contribution in [2.75, 3.05) is 20.3 Å². The molecule has 1 aliphatic heterocycles. The Morgan fingerprint density at radius 1 is 1.48 bits per heavy atom. The van der Waals surface area contributed by atoms with Crippen LogP contribution in [0.5, 0.6) is 5.88 Å². The van der Waals surface area contributed by atoms with Gasteiger partial charge in [-0.15, -0.1) is 0 Å². The molecule has 8 heteroatoms. The molecular weight excluding hydrogens is 300 g/mol. The number of methoxy groups -OCH3 is 1. The van der Waals surface area contributed by atoms with Gasteiger partial charge in [0.1, 0.15) is 5.82 Å². The maximum Gasteiger partial charge on any atom is 0.290 e. The Bertz CT molecular complexity index is 660. The van der Waals surface area contributed by atoms with E-state index < -0.39 is 0 Å². The molecule has 0 aromatic carbocycles. The molecule has 2 aromatic heterocycles. The second kappa shape index (κ2) is 6.82. The van der Waals surface area contributed by atoms with Gasteiger partial charge in [-0.3, -0.25) is 4.79 Å². The summed E-state index contributed by atoms with van der Waals surface area (Å²) in [6.45, 7) is 1.38. The monoisotopic (exact) mass is 320 g/mol. The smallest absolute Gasteiger partial charge is 0.290 e. The van der Waals surface area contributed by atoms with Crippen LogP contribution in [-0.4, -0.2) is 40.9 Å². The minimum Gasteiger partial charge on any atom is -0.479 e. The quantitative estimate of drug-likeness (QED) is 0.893. The molecule has 8 nitrogen and oxygen atoms in total. The van der Waals surface area contributed by atoms with E-state index in [4.69, 9.17) is 14.0 Å². The Labute approximate surface area is 133 Å². The lowest BCUT2D eigenvalue weighted by Gasteiger charge is -2.30. The fourth-order valence-corrected chi connectivity index (χ4v) is 2.79. The third kappa shape index (κ3) is 3.37. The number of carbonyl (C=O) groups is 1. The van der Waals surface area contributed by atoms with Crippen molar-refractivity contribution in [1.82, 2.24) is 20.0 Å². The first-order chi connectivity index (χ1) is 11.2. The molecule has 0 unspecified atom stereocenters. The molecule has 1 fully saturated rings.